The number of rotatable bonds is 5. The number of anilines is 1. The van der Waals surface area contributed by atoms with Crippen LogP contribution in [0, 0.1) is 0 Å². The molecule has 2 rings (SSSR count). The van der Waals surface area contributed by atoms with Crippen molar-refractivity contribution in [1.82, 2.24) is 0 Å². The third kappa shape index (κ3) is 3.56. The molecule has 0 fully saturated rings. The molecule has 0 bridgehead atoms. The number of methoxy groups -OCH3 is 1. The van der Waals surface area contributed by atoms with Crippen molar-refractivity contribution in [1.29, 1.82) is 0 Å². The van der Waals surface area contributed by atoms with Crippen molar-refractivity contribution in [3.05, 3.63) is 46.7 Å². The Morgan fingerprint density at radius 1 is 1.35 bits per heavy atom. The minimum atomic E-state index is -0.539. The van der Waals surface area contributed by atoms with Gasteiger partial charge in [0.25, 0.3) is 0 Å². The molecule has 20 heavy (non-hydrogen) atoms. The minimum absolute atomic E-state index is 0.443. The second-order valence-corrected chi connectivity index (χ2v) is 5.84. The van der Waals surface area contributed by atoms with Crippen LogP contribution in [0.5, 0.6) is 5.75 Å². The highest BCUT2D eigenvalue weighted by Crippen LogP contribution is 2.25. The molecule has 5 heteroatoms. The van der Waals surface area contributed by atoms with E-state index < -0.39 is 6.10 Å². The predicted octanol–water partition coefficient (Wildman–Crippen LogP) is 3.64. The van der Waals surface area contributed by atoms with E-state index in [-0.39, 0.29) is 0 Å². The van der Waals surface area contributed by atoms with E-state index in [0.717, 1.165) is 16.3 Å². The minimum Gasteiger partial charge on any atom is -0.497 e. The first-order valence-electron chi connectivity index (χ1n) is 6.24. The van der Waals surface area contributed by atoms with Crippen molar-refractivity contribution in [2.24, 2.45) is 0 Å². The molecule has 0 aliphatic carbocycles. The summed E-state index contributed by atoms with van der Waals surface area (Å²) in [7, 11) is 3.55. The van der Waals surface area contributed by atoms with Crippen LogP contribution in [0.3, 0.4) is 0 Å². The average molecular weight is 307 g/mol. The lowest BCUT2D eigenvalue weighted by Gasteiger charge is -2.22. The standard InChI is InChI=1S/C15H17NO2S2/c1-16(11-5-7-12(18-2)8-6-11)15(19)10-13(17)14-4-3-9-20-14/h3-9,13,17H,10H2,1-2H3/t13-/m0/s1. The fraction of sp³-hybridized carbons (Fsp3) is 0.267. The van der Waals surface area contributed by atoms with Crippen molar-refractivity contribution in [3.8, 4) is 5.75 Å². The highest BCUT2D eigenvalue weighted by atomic mass is 32.1. The number of thiocarbonyl (C=S) groups is 1. The summed E-state index contributed by atoms with van der Waals surface area (Å²) < 4.78 is 5.13. The highest BCUT2D eigenvalue weighted by molar-refractivity contribution is 7.80. The molecule has 0 saturated carbocycles. The van der Waals surface area contributed by atoms with Gasteiger partial charge in [0.15, 0.2) is 0 Å². The summed E-state index contributed by atoms with van der Waals surface area (Å²) >= 11 is 6.95. The van der Waals surface area contributed by atoms with Gasteiger partial charge in [0, 0.05) is 24.0 Å². The van der Waals surface area contributed by atoms with Crippen molar-refractivity contribution < 1.29 is 9.84 Å². The van der Waals surface area contributed by atoms with Gasteiger partial charge in [0.2, 0.25) is 0 Å². The van der Waals surface area contributed by atoms with Crippen LogP contribution in [-0.4, -0.2) is 24.3 Å². The zero-order chi connectivity index (χ0) is 14.5. The van der Waals surface area contributed by atoms with Gasteiger partial charge in [-0.15, -0.1) is 11.3 Å². The number of ether oxygens (including phenoxy) is 1. The molecule has 2 aromatic rings. The molecule has 0 radical (unpaired) electrons. The van der Waals surface area contributed by atoms with Crippen LogP contribution in [0.2, 0.25) is 0 Å². The largest absolute Gasteiger partial charge is 0.497 e. The maximum Gasteiger partial charge on any atom is 0.119 e. The summed E-state index contributed by atoms with van der Waals surface area (Å²) in [4.78, 5) is 3.55. The molecule has 0 aliphatic heterocycles. The van der Waals surface area contributed by atoms with Crippen molar-refractivity contribution in [3.63, 3.8) is 0 Å². The molecule has 1 aromatic heterocycles. The quantitative estimate of drug-likeness (QED) is 0.855. The summed E-state index contributed by atoms with van der Waals surface area (Å²) in [5, 5.41) is 12.1. The lowest BCUT2D eigenvalue weighted by Crippen LogP contribution is -2.25. The maximum atomic E-state index is 10.1. The van der Waals surface area contributed by atoms with E-state index >= 15 is 0 Å². The number of benzene rings is 1. The average Bonchev–Trinajstić information content (AvgIpc) is 3.01. The van der Waals surface area contributed by atoms with Crippen molar-refractivity contribution in [2.75, 3.05) is 19.1 Å². The molecular weight excluding hydrogens is 290 g/mol. The summed E-state index contributed by atoms with van der Waals surface area (Å²) in [6, 6.07) is 11.5. The van der Waals surface area contributed by atoms with E-state index in [0.29, 0.717) is 11.4 Å². The van der Waals surface area contributed by atoms with Crippen LogP contribution in [-0.2, 0) is 0 Å². The van der Waals surface area contributed by atoms with Crippen LogP contribution in [0.1, 0.15) is 17.4 Å². The van der Waals surface area contributed by atoms with Gasteiger partial charge in [0.05, 0.1) is 18.2 Å². The van der Waals surface area contributed by atoms with Gasteiger partial charge in [-0.25, -0.2) is 0 Å². The van der Waals surface area contributed by atoms with Crippen LogP contribution >= 0.6 is 23.6 Å². The van der Waals surface area contributed by atoms with Gasteiger partial charge in [-0.2, -0.15) is 0 Å². The van der Waals surface area contributed by atoms with Gasteiger partial charge < -0.3 is 14.7 Å². The van der Waals surface area contributed by atoms with Gasteiger partial charge in [0.1, 0.15) is 5.75 Å². The number of nitrogens with zero attached hydrogens (tertiary/aromatic N) is 1. The molecule has 3 nitrogen and oxygen atoms in total. The second kappa shape index (κ2) is 6.83. The molecular formula is C15H17NO2S2. The van der Waals surface area contributed by atoms with Gasteiger partial charge in [-0.3, -0.25) is 0 Å². The number of thiophene rings is 1. The SMILES string of the molecule is COc1ccc(N(C)C(=S)C[C@H](O)c2cccs2)cc1. The number of hydrogen-bond acceptors (Lipinski definition) is 4. The van der Waals surface area contributed by atoms with Crippen molar-refractivity contribution in [2.45, 2.75) is 12.5 Å². The van der Waals surface area contributed by atoms with E-state index in [4.69, 9.17) is 17.0 Å². The molecule has 106 valence electrons. The molecule has 1 atom stereocenters. The smallest absolute Gasteiger partial charge is 0.119 e. The molecule has 0 spiro atoms. The zero-order valence-corrected chi connectivity index (χ0v) is 13.1. The number of aliphatic hydroxyl groups excluding tert-OH is 1. The second-order valence-electron chi connectivity index (χ2n) is 4.39. The van der Waals surface area contributed by atoms with Crippen LogP contribution < -0.4 is 9.64 Å². The lowest BCUT2D eigenvalue weighted by atomic mass is 10.2. The van der Waals surface area contributed by atoms with E-state index in [9.17, 15) is 5.11 Å². The first kappa shape index (κ1) is 15.0. The van der Waals surface area contributed by atoms with Crippen LogP contribution in [0.25, 0.3) is 0 Å². The number of aliphatic hydroxyl groups is 1. The molecule has 0 saturated heterocycles. The van der Waals surface area contributed by atoms with Gasteiger partial charge >= 0.3 is 0 Å². The van der Waals surface area contributed by atoms with Gasteiger partial charge in [-0.1, -0.05) is 18.3 Å². The summed E-state index contributed by atoms with van der Waals surface area (Å²) in [6.45, 7) is 0. The van der Waals surface area contributed by atoms with E-state index in [1.54, 1.807) is 18.4 Å². The lowest BCUT2D eigenvalue weighted by molar-refractivity contribution is 0.190. The van der Waals surface area contributed by atoms with E-state index in [1.165, 1.54) is 0 Å². The Morgan fingerprint density at radius 3 is 2.60 bits per heavy atom. The van der Waals surface area contributed by atoms with Crippen molar-refractivity contribution >= 4 is 34.2 Å². The maximum absolute atomic E-state index is 10.1. The predicted molar refractivity (Wildman–Crippen MR) is 87.9 cm³/mol. The topological polar surface area (TPSA) is 32.7 Å². The van der Waals surface area contributed by atoms with Gasteiger partial charge in [-0.05, 0) is 35.7 Å². The summed E-state index contributed by atoms with van der Waals surface area (Å²) in [6.07, 6.45) is -0.0959. The normalized spacial score (nSPS) is 11.9. The zero-order valence-electron chi connectivity index (χ0n) is 11.4. The molecule has 1 heterocycles. The number of hydrogen-bond donors (Lipinski definition) is 1. The molecule has 0 amide bonds. The molecule has 1 N–H and O–H groups in total. The Morgan fingerprint density at radius 2 is 2.05 bits per heavy atom. The fourth-order valence-corrected chi connectivity index (χ4v) is 2.81. The van der Waals surface area contributed by atoms with E-state index in [1.807, 2.05) is 53.7 Å². The molecule has 1 aromatic carbocycles. The Hall–Kier alpha value is -1.43. The Kier molecular flexibility index (Phi) is 5.11. The third-order valence-corrected chi connectivity index (χ3v) is 4.49. The Balaban J connectivity index is 2.00. The Bertz CT molecular complexity index is 552. The third-order valence-electron chi connectivity index (χ3n) is 3.07. The molecule has 0 unspecified atom stereocenters. The summed E-state index contributed by atoms with van der Waals surface area (Å²) in [5.74, 6) is 0.812. The Labute approximate surface area is 128 Å². The summed E-state index contributed by atoms with van der Waals surface area (Å²) in [5.41, 5.74) is 0.981. The molecule has 0 aliphatic rings. The van der Waals surface area contributed by atoms with E-state index in [2.05, 4.69) is 0 Å². The fourth-order valence-electron chi connectivity index (χ4n) is 1.83. The monoisotopic (exact) mass is 307 g/mol. The van der Waals surface area contributed by atoms with Crippen LogP contribution in [0.4, 0.5) is 5.69 Å². The first-order chi connectivity index (χ1) is 9.61. The van der Waals surface area contributed by atoms with Crippen LogP contribution in [0.15, 0.2) is 41.8 Å². The first-order valence-corrected chi connectivity index (χ1v) is 7.52. The highest BCUT2D eigenvalue weighted by Gasteiger charge is 2.15.